The van der Waals surface area contributed by atoms with Crippen LogP contribution in [0.2, 0.25) is 0 Å². The van der Waals surface area contributed by atoms with Gasteiger partial charge in [-0.15, -0.1) is 0 Å². The summed E-state index contributed by atoms with van der Waals surface area (Å²) in [7, 11) is 0. The summed E-state index contributed by atoms with van der Waals surface area (Å²) in [6, 6.07) is 6.42. The summed E-state index contributed by atoms with van der Waals surface area (Å²) in [6.07, 6.45) is 13.9. The molecule has 0 aromatic heterocycles. The van der Waals surface area contributed by atoms with Crippen molar-refractivity contribution in [2.75, 3.05) is 13.2 Å². The molecule has 0 heterocycles. The summed E-state index contributed by atoms with van der Waals surface area (Å²) in [5.74, 6) is -0.872. The van der Waals surface area contributed by atoms with E-state index in [-0.39, 0.29) is 6.61 Å². The van der Waals surface area contributed by atoms with Crippen LogP contribution in [0.25, 0.3) is 0 Å². The highest BCUT2D eigenvalue weighted by molar-refractivity contribution is 5.95. The van der Waals surface area contributed by atoms with Crippen molar-refractivity contribution < 1.29 is 19.1 Å². The Morgan fingerprint density at radius 3 is 1.93 bits per heavy atom. The van der Waals surface area contributed by atoms with Gasteiger partial charge in [0.25, 0.3) is 0 Å². The van der Waals surface area contributed by atoms with Crippen LogP contribution in [0.3, 0.4) is 0 Å². The van der Waals surface area contributed by atoms with Gasteiger partial charge in [0.15, 0.2) is 0 Å². The van der Waals surface area contributed by atoms with E-state index in [2.05, 4.69) is 13.5 Å². The quantitative estimate of drug-likeness (QED) is 0.211. The smallest absolute Gasteiger partial charge is 0.338 e. The largest absolute Gasteiger partial charge is 0.462 e. The van der Waals surface area contributed by atoms with Gasteiger partial charge in [0.2, 0.25) is 0 Å². The lowest BCUT2D eigenvalue weighted by molar-refractivity contribution is 0.0497. The van der Waals surface area contributed by atoms with Gasteiger partial charge < -0.3 is 9.47 Å². The molecular weight excluding hydrogens is 340 g/mol. The molecule has 4 nitrogen and oxygen atoms in total. The van der Waals surface area contributed by atoms with Crippen molar-refractivity contribution in [1.29, 1.82) is 0 Å². The van der Waals surface area contributed by atoms with Crippen molar-refractivity contribution in [3.63, 3.8) is 0 Å². The van der Waals surface area contributed by atoms with E-state index < -0.39 is 11.9 Å². The maximum Gasteiger partial charge on any atom is 0.338 e. The number of ether oxygens (including phenoxy) is 2. The fraction of sp³-hybridized carbons (Fsp3) is 0.565. The van der Waals surface area contributed by atoms with Crippen molar-refractivity contribution in [3.8, 4) is 0 Å². The average Bonchev–Trinajstić information content (AvgIpc) is 2.70. The van der Waals surface area contributed by atoms with E-state index in [9.17, 15) is 9.59 Å². The Morgan fingerprint density at radius 2 is 1.37 bits per heavy atom. The number of hydrogen-bond donors (Lipinski definition) is 0. The third-order valence-electron chi connectivity index (χ3n) is 4.40. The minimum atomic E-state index is -0.473. The van der Waals surface area contributed by atoms with Crippen molar-refractivity contribution in [3.05, 3.63) is 48.0 Å². The molecule has 27 heavy (non-hydrogen) atoms. The molecular formula is C23H34O4. The Labute approximate surface area is 163 Å². The molecule has 0 unspecified atom stereocenters. The van der Waals surface area contributed by atoms with Gasteiger partial charge in [-0.1, -0.05) is 83.4 Å². The highest BCUT2D eigenvalue weighted by Gasteiger charge is 2.12. The van der Waals surface area contributed by atoms with E-state index in [0.717, 1.165) is 12.8 Å². The highest BCUT2D eigenvalue weighted by atomic mass is 16.5. The zero-order valence-corrected chi connectivity index (χ0v) is 16.7. The van der Waals surface area contributed by atoms with Crippen LogP contribution >= 0.6 is 0 Å². The molecule has 0 N–H and O–H groups in total. The zero-order valence-electron chi connectivity index (χ0n) is 16.7. The number of rotatable bonds is 15. The molecule has 0 aliphatic carbocycles. The molecule has 0 fully saturated rings. The maximum absolute atomic E-state index is 12.1. The first-order valence-corrected chi connectivity index (χ1v) is 10.2. The number of esters is 2. The van der Waals surface area contributed by atoms with Crippen LogP contribution in [0.15, 0.2) is 36.9 Å². The van der Waals surface area contributed by atoms with Crippen LogP contribution in [0, 0.1) is 0 Å². The van der Waals surface area contributed by atoms with Gasteiger partial charge in [-0.2, -0.15) is 0 Å². The summed E-state index contributed by atoms with van der Waals surface area (Å²) in [4.78, 5) is 23.9. The second kappa shape index (κ2) is 15.0. The summed E-state index contributed by atoms with van der Waals surface area (Å²) in [5, 5.41) is 0. The molecule has 150 valence electrons. The fourth-order valence-electron chi connectivity index (χ4n) is 2.83. The normalized spacial score (nSPS) is 10.4. The van der Waals surface area contributed by atoms with Crippen LogP contribution < -0.4 is 0 Å². The Kier molecular flexibility index (Phi) is 12.7. The zero-order chi connectivity index (χ0) is 19.7. The van der Waals surface area contributed by atoms with Gasteiger partial charge in [-0.05, 0) is 24.6 Å². The first-order chi connectivity index (χ1) is 13.2. The average molecular weight is 375 g/mol. The predicted molar refractivity (Wildman–Crippen MR) is 109 cm³/mol. The topological polar surface area (TPSA) is 52.6 Å². The number of benzene rings is 1. The van der Waals surface area contributed by atoms with Gasteiger partial charge in [0.05, 0.1) is 17.7 Å². The van der Waals surface area contributed by atoms with E-state index >= 15 is 0 Å². The van der Waals surface area contributed by atoms with Crippen LogP contribution in [0.1, 0.15) is 91.8 Å². The van der Waals surface area contributed by atoms with Gasteiger partial charge >= 0.3 is 11.9 Å². The second-order valence-electron chi connectivity index (χ2n) is 6.79. The molecule has 0 bridgehead atoms. The van der Waals surface area contributed by atoms with E-state index in [1.54, 1.807) is 18.2 Å². The van der Waals surface area contributed by atoms with Gasteiger partial charge in [0, 0.05) is 0 Å². The third-order valence-corrected chi connectivity index (χ3v) is 4.40. The van der Waals surface area contributed by atoms with Crippen LogP contribution in [0.5, 0.6) is 0 Å². The Balaban J connectivity index is 2.16. The monoisotopic (exact) mass is 374 g/mol. The second-order valence-corrected chi connectivity index (χ2v) is 6.79. The number of unbranched alkanes of at least 4 members (excludes halogenated alkanes) is 9. The first-order valence-electron chi connectivity index (χ1n) is 10.2. The van der Waals surface area contributed by atoms with E-state index in [0.29, 0.717) is 17.7 Å². The van der Waals surface area contributed by atoms with E-state index in [1.165, 1.54) is 63.5 Å². The summed E-state index contributed by atoms with van der Waals surface area (Å²) < 4.78 is 10.3. The lowest BCUT2D eigenvalue weighted by atomic mass is 10.1. The molecule has 0 spiro atoms. The highest BCUT2D eigenvalue weighted by Crippen LogP contribution is 2.12. The lowest BCUT2D eigenvalue weighted by Crippen LogP contribution is -2.09. The molecule has 0 saturated heterocycles. The molecule has 1 aromatic carbocycles. The van der Waals surface area contributed by atoms with Gasteiger partial charge in [-0.25, -0.2) is 9.59 Å². The van der Waals surface area contributed by atoms with Crippen molar-refractivity contribution in [1.82, 2.24) is 0 Å². The van der Waals surface area contributed by atoms with Crippen molar-refractivity contribution in [2.24, 2.45) is 0 Å². The van der Waals surface area contributed by atoms with Crippen LogP contribution in [-0.2, 0) is 9.47 Å². The molecule has 0 radical (unpaired) electrons. The van der Waals surface area contributed by atoms with Crippen molar-refractivity contribution in [2.45, 2.75) is 71.1 Å². The third kappa shape index (κ3) is 10.6. The van der Waals surface area contributed by atoms with Crippen molar-refractivity contribution >= 4 is 11.9 Å². The molecule has 0 saturated carbocycles. The number of carbonyl (C=O) groups is 2. The number of carbonyl (C=O) groups excluding carboxylic acids is 2. The Bertz CT molecular complexity index is 565. The summed E-state index contributed by atoms with van der Waals surface area (Å²) in [6.45, 7) is 6.30. The Hall–Kier alpha value is -2.10. The molecule has 0 atom stereocenters. The minimum Gasteiger partial charge on any atom is -0.462 e. The maximum atomic E-state index is 12.1. The summed E-state index contributed by atoms with van der Waals surface area (Å²) >= 11 is 0. The molecule has 1 aromatic rings. The van der Waals surface area contributed by atoms with Crippen LogP contribution in [0.4, 0.5) is 0 Å². The van der Waals surface area contributed by atoms with Gasteiger partial charge in [-0.3, -0.25) is 0 Å². The standard InChI is InChI=1S/C23H34O4/c1-3-5-6-7-8-9-10-11-12-13-18-27-23(25)21-16-14-15-20(19-21)22(24)26-17-4-2/h4,14-16,19H,2-3,5-13,17-18H2,1H3. The fourth-order valence-corrected chi connectivity index (χ4v) is 2.83. The molecule has 1 rings (SSSR count). The van der Waals surface area contributed by atoms with E-state index in [1.807, 2.05) is 0 Å². The van der Waals surface area contributed by atoms with Gasteiger partial charge in [0.1, 0.15) is 6.61 Å². The lowest BCUT2D eigenvalue weighted by Gasteiger charge is -2.07. The van der Waals surface area contributed by atoms with Crippen LogP contribution in [-0.4, -0.2) is 25.2 Å². The SMILES string of the molecule is C=CCOC(=O)c1cccc(C(=O)OCCCCCCCCCCCC)c1. The molecule has 0 amide bonds. The summed E-state index contributed by atoms with van der Waals surface area (Å²) in [5.41, 5.74) is 0.709. The van der Waals surface area contributed by atoms with E-state index in [4.69, 9.17) is 9.47 Å². The molecule has 4 heteroatoms. The molecule has 0 aliphatic heterocycles. The number of hydrogen-bond acceptors (Lipinski definition) is 4. The minimum absolute atomic E-state index is 0.145. The first kappa shape index (κ1) is 22.9. The molecule has 0 aliphatic rings. The predicted octanol–water partition coefficient (Wildman–Crippen LogP) is 6.11. The Morgan fingerprint density at radius 1 is 0.852 bits per heavy atom.